The number of nitrogens with zero attached hydrogens (tertiary/aromatic N) is 1. The van der Waals surface area contributed by atoms with E-state index >= 15 is 0 Å². The Hall–Kier alpha value is -1.10. The number of nitrogens with one attached hydrogen (secondary N) is 1. The van der Waals surface area contributed by atoms with Gasteiger partial charge in [-0.3, -0.25) is 0 Å². The normalized spacial score (nSPS) is 18.4. The number of phenols is 1. The number of benzene rings is 1. The SMILES string of the molecule is CC(C)c1cc(C(O)CCN2CCNCC2)ccc1O. The van der Waals surface area contributed by atoms with Crippen LogP contribution in [0, 0.1) is 0 Å². The molecule has 1 aliphatic heterocycles. The topological polar surface area (TPSA) is 55.7 Å². The van der Waals surface area contributed by atoms with E-state index in [1.807, 2.05) is 26.0 Å². The molecule has 1 atom stereocenters. The maximum atomic E-state index is 10.3. The van der Waals surface area contributed by atoms with E-state index in [1.165, 1.54) is 0 Å². The second-order valence-electron chi connectivity index (χ2n) is 5.87. The molecule has 112 valence electrons. The van der Waals surface area contributed by atoms with Gasteiger partial charge in [-0.2, -0.15) is 0 Å². The highest BCUT2D eigenvalue weighted by molar-refractivity contribution is 5.38. The number of hydrogen-bond donors (Lipinski definition) is 3. The summed E-state index contributed by atoms with van der Waals surface area (Å²) in [5.41, 5.74) is 1.81. The fourth-order valence-electron chi connectivity index (χ4n) is 2.65. The van der Waals surface area contributed by atoms with Gasteiger partial charge in [0.2, 0.25) is 0 Å². The van der Waals surface area contributed by atoms with Crippen LogP contribution in [0.5, 0.6) is 5.75 Å². The monoisotopic (exact) mass is 278 g/mol. The molecule has 1 heterocycles. The van der Waals surface area contributed by atoms with E-state index in [2.05, 4.69) is 10.2 Å². The molecule has 0 aromatic heterocycles. The van der Waals surface area contributed by atoms with Gasteiger partial charge in [-0.05, 0) is 35.6 Å². The molecule has 1 fully saturated rings. The van der Waals surface area contributed by atoms with Crippen LogP contribution in [0.15, 0.2) is 18.2 Å². The highest BCUT2D eigenvalue weighted by Crippen LogP contribution is 2.29. The third kappa shape index (κ3) is 3.95. The van der Waals surface area contributed by atoms with Crippen LogP contribution in [0.3, 0.4) is 0 Å². The predicted molar refractivity (Wildman–Crippen MR) is 81.1 cm³/mol. The van der Waals surface area contributed by atoms with Gasteiger partial charge in [-0.1, -0.05) is 19.9 Å². The number of phenolic OH excluding ortho intramolecular Hbond substituents is 1. The van der Waals surface area contributed by atoms with Gasteiger partial charge in [0, 0.05) is 32.7 Å². The van der Waals surface area contributed by atoms with Crippen LogP contribution in [-0.2, 0) is 0 Å². The summed E-state index contributed by atoms with van der Waals surface area (Å²) in [4.78, 5) is 2.38. The molecule has 0 bridgehead atoms. The smallest absolute Gasteiger partial charge is 0.119 e. The van der Waals surface area contributed by atoms with Crippen molar-refractivity contribution in [3.05, 3.63) is 29.3 Å². The van der Waals surface area contributed by atoms with Gasteiger partial charge < -0.3 is 20.4 Å². The largest absolute Gasteiger partial charge is 0.508 e. The molecule has 20 heavy (non-hydrogen) atoms. The van der Waals surface area contributed by atoms with Crippen molar-refractivity contribution in [3.63, 3.8) is 0 Å². The summed E-state index contributed by atoms with van der Waals surface area (Å²) < 4.78 is 0. The molecule has 0 amide bonds. The number of piperazine rings is 1. The van der Waals surface area contributed by atoms with E-state index in [0.717, 1.165) is 50.3 Å². The summed E-state index contributed by atoms with van der Waals surface area (Å²) in [6.45, 7) is 9.19. The second-order valence-corrected chi connectivity index (χ2v) is 5.87. The minimum atomic E-state index is -0.456. The molecular weight excluding hydrogens is 252 g/mol. The number of hydrogen-bond acceptors (Lipinski definition) is 4. The number of aromatic hydroxyl groups is 1. The molecule has 2 rings (SSSR count). The Morgan fingerprint density at radius 2 is 1.95 bits per heavy atom. The van der Waals surface area contributed by atoms with Crippen molar-refractivity contribution in [2.75, 3.05) is 32.7 Å². The molecule has 4 heteroatoms. The molecule has 1 aromatic carbocycles. The van der Waals surface area contributed by atoms with Gasteiger partial charge in [0.1, 0.15) is 5.75 Å². The van der Waals surface area contributed by atoms with E-state index in [4.69, 9.17) is 0 Å². The Morgan fingerprint density at radius 3 is 2.60 bits per heavy atom. The van der Waals surface area contributed by atoms with Crippen LogP contribution in [0.25, 0.3) is 0 Å². The Morgan fingerprint density at radius 1 is 1.25 bits per heavy atom. The third-order valence-electron chi connectivity index (χ3n) is 3.99. The van der Waals surface area contributed by atoms with Crippen molar-refractivity contribution in [2.45, 2.75) is 32.3 Å². The maximum absolute atomic E-state index is 10.3. The average molecular weight is 278 g/mol. The first-order valence-corrected chi connectivity index (χ1v) is 7.52. The maximum Gasteiger partial charge on any atom is 0.119 e. The van der Waals surface area contributed by atoms with Crippen molar-refractivity contribution in [2.24, 2.45) is 0 Å². The number of aliphatic hydroxyl groups excluding tert-OH is 1. The summed E-state index contributed by atoms with van der Waals surface area (Å²) in [5, 5.41) is 23.5. The van der Waals surface area contributed by atoms with Gasteiger partial charge in [0.05, 0.1) is 6.10 Å². The number of aliphatic hydroxyl groups is 1. The summed E-state index contributed by atoms with van der Waals surface area (Å²) >= 11 is 0. The predicted octanol–water partition coefficient (Wildman–Crippen LogP) is 1.84. The van der Waals surface area contributed by atoms with Crippen molar-refractivity contribution < 1.29 is 10.2 Å². The molecule has 1 saturated heterocycles. The molecule has 3 N–H and O–H groups in total. The summed E-state index contributed by atoms with van der Waals surface area (Å²) in [5.74, 6) is 0.577. The lowest BCUT2D eigenvalue weighted by molar-refractivity contribution is 0.136. The van der Waals surface area contributed by atoms with Crippen LogP contribution in [0.4, 0.5) is 0 Å². The molecule has 4 nitrogen and oxygen atoms in total. The first-order valence-electron chi connectivity index (χ1n) is 7.52. The van der Waals surface area contributed by atoms with Crippen LogP contribution in [-0.4, -0.2) is 47.8 Å². The van der Waals surface area contributed by atoms with E-state index in [0.29, 0.717) is 5.75 Å². The minimum Gasteiger partial charge on any atom is -0.508 e. The molecule has 0 aliphatic carbocycles. The quantitative estimate of drug-likeness (QED) is 0.769. The summed E-state index contributed by atoms with van der Waals surface area (Å²) in [7, 11) is 0. The lowest BCUT2D eigenvalue weighted by atomic mass is 9.96. The summed E-state index contributed by atoms with van der Waals surface area (Å²) in [6, 6.07) is 5.45. The van der Waals surface area contributed by atoms with Gasteiger partial charge in [0.15, 0.2) is 0 Å². The molecule has 0 radical (unpaired) electrons. The summed E-state index contributed by atoms with van der Waals surface area (Å²) in [6.07, 6.45) is 0.283. The average Bonchev–Trinajstić information content (AvgIpc) is 2.46. The lowest BCUT2D eigenvalue weighted by Gasteiger charge is -2.28. The molecule has 1 unspecified atom stereocenters. The first kappa shape index (κ1) is 15.3. The lowest BCUT2D eigenvalue weighted by Crippen LogP contribution is -2.44. The van der Waals surface area contributed by atoms with Crippen molar-refractivity contribution in [3.8, 4) is 5.75 Å². The van der Waals surface area contributed by atoms with Gasteiger partial charge in [-0.15, -0.1) is 0 Å². The third-order valence-corrected chi connectivity index (χ3v) is 3.99. The Kier molecular flexibility index (Phi) is 5.40. The second kappa shape index (κ2) is 7.07. The van der Waals surface area contributed by atoms with Crippen LogP contribution >= 0.6 is 0 Å². The van der Waals surface area contributed by atoms with Gasteiger partial charge >= 0.3 is 0 Å². The first-order chi connectivity index (χ1) is 9.58. The van der Waals surface area contributed by atoms with Crippen LogP contribution < -0.4 is 5.32 Å². The Labute approximate surface area is 121 Å². The van der Waals surface area contributed by atoms with E-state index in [-0.39, 0.29) is 5.92 Å². The minimum absolute atomic E-state index is 0.260. The molecule has 0 spiro atoms. The fourth-order valence-corrected chi connectivity index (χ4v) is 2.65. The van der Waals surface area contributed by atoms with Crippen molar-refractivity contribution in [1.82, 2.24) is 10.2 Å². The standard InChI is InChI=1S/C16H26N2O2/c1-12(2)14-11-13(3-4-16(14)20)15(19)5-8-18-9-6-17-7-10-18/h3-4,11-12,15,17,19-20H,5-10H2,1-2H3. The highest BCUT2D eigenvalue weighted by Gasteiger charge is 2.15. The zero-order chi connectivity index (χ0) is 14.5. The van der Waals surface area contributed by atoms with Crippen LogP contribution in [0.2, 0.25) is 0 Å². The van der Waals surface area contributed by atoms with Crippen molar-refractivity contribution >= 4 is 0 Å². The van der Waals surface area contributed by atoms with Crippen LogP contribution in [0.1, 0.15) is 43.4 Å². The highest BCUT2D eigenvalue weighted by atomic mass is 16.3. The zero-order valence-corrected chi connectivity index (χ0v) is 12.5. The zero-order valence-electron chi connectivity index (χ0n) is 12.5. The van der Waals surface area contributed by atoms with Crippen molar-refractivity contribution in [1.29, 1.82) is 0 Å². The molecule has 1 aliphatic rings. The van der Waals surface area contributed by atoms with Gasteiger partial charge in [-0.25, -0.2) is 0 Å². The van der Waals surface area contributed by atoms with E-state index in [9.17, 15) is 10.2 Å². The van der Waals surface area contributed by atoms with Gasteiger partial charge in [0.25, 0.3) is 0 Å². The number of rotatable bonds is 5. The van der Waals surface area contributed by atoms with E-state index < -0.39 is 6.10 Å². The Bertz CT molecular complexity index is 428. The molecule has 0 saturated carbocycles. The fraction of sp³-hybridized carbons (Fsp3) is 0.625. The van der Waals surface area contributed by atoms with E-state index in [1.54, 1.807) is 6.07 Å². The molecular formula is C16H26N2O2. The molecule has 1 aromatic rings. The Balaban J connectivity index is 1.94.